The Hall–Kier alpha value is -1.71. The summed E-state index contributed by atoms with van der Waals surface area (Å²) in [5, 5.41) is 2.41. The van der Waals surface area contributed by atoms with E-state index in [0.29, 0.717) is 0 Å². The molecule has 104 valence electrons. The molecule has 20 heavy (non-hydrogen) atoms. The molecule has 3 heteroatoms. The fraction of sp³-hybridized carbons (Fsp3) is 0.353. The highest BCUT2D eigenvalue weighted by molar-refractivity contribution is 5.85. The van der Waals surface area contributed by atoms with E-state index in [9.17, 15) is 0 Å². The first-order chi connectivity index (χ1) is 9.88. The molecule has 0 saturated heterocycles. The molecular weight excluding hydrogens is 246 g/mol. The fourth-order valence-corrected chi connectivity index (χ4v) is 3.06. The molecule has 0 aliphatic heterocycles. The van der Waals surface area contributed by atoms with Crippen LogP contribution >= 0.6 is 0 Å². The summed E-state index contributed by atoms with van der Waals surface area (Å²) in [6, 6.07) is 8.59. The molecule has 0 amide bonds. The van der Waals surface area contributed by atoms with Crippen LogP contribution in [0.2, 0.25) is 0 Å². The lowest BCUT2D eigenvalue weighted by molar-refractivity contribution is 0.532. The van der Waals surface area contributed by atoms with E-state index in [2.05, 4.69) is 40.8 Å². The summed E-state index contributed by atoms with van der Waals surface area (Å²) in [4.78, 5) is 4.19. The van der Waals surface area contributed by atoms with Gasteiger partial charge in [-0.2, -0.15) is 0 Å². The van der Waals surface area contributed by atoms with E-state index in [-0.39, 0.29) is 6.04 Å². The second-order valence-corrected chi connectivity index (χ2v) is 5.48. The molecule has 3 rings (SSSR count). The molecule has 1 atom stereocenters. The van der Waals surface area contributed by atoms with Crippen LogP contribution in [-0.4, -0.2) is 4.98 Å². The second kappa shape index (κ2) is 6.16. The first-order valence-corrected chi connectivity index (χ1v) is 7.35. The monoisotopic (exact) mass is 267 g/mol. The van der Waals surface area contributed by atoms with Crippen LogP contribution in [0.4, 0.5) is 0 Å². The molecule has 0 bridgehead atoms. The third-order valence-corrected chi connectivity index (χ3v) is 4.14. The van der Waals surface area contributed by atoms with E-state index in [1.165, 1.54) is 47.6 Å². The summed E-state index contributed by atoms with van der Waals surface area (Å²) < 4.78 is 0. The minimum Gasteiger partial charge on any atom is -0.271 e. The third kappa shape index (κ3) is 2.74. The molecule has 1 aliphatic carbocycles. The summed E-state index contributed by atoms with van der Waals surface area (Å²) >= 11 is 0. The molecule has 1 aliphatic rings. The lowest BCUT2D eigenvalue weighted by Gasteiger charge is -2.21. The van der Waals surface area contributed by atoms with Crippen LogP contribution < -0.4 is 11.3 Å². The number of allylic oxidation sites excluding steroid dienone is 1. The summed E-state index contributed by atoms with van der Waals surface area (Å²) in [6.45, 7) is 0. The van der Waals surface area contributed by atoms with Gasteiger partial charge in [-0.15, -0.1) is 0 Å². The number of hydrogen-bond acceptors (Lipinski definition) is 3. The Morgan fingerprint density at radius 1 is 1.25 bits per heavy atom. The Morgan fingerprint density at radius 3 is 3.00 bits per heavy atom. The predicted molar refractivity (Wildman–Crippen MR) is 83.0 cm³/mol. The molecule has 3 N–H and O–H groups in total. The molecule has 2 aromatic rings. The zero-order valence-electron chi connectivity index (χ0n) is 11.7. The maximum atomic E-state index is 5.82. The van der Waals surface area contributed by atoms with E-state index in [1.807, 2.05) is 12.4 Å². The van der Waals surface area contributed by atoms with Crippen LogP contribution in [0, 0.1) is 0 Å². The van der Waals surface area contributed by atoms with Crippen molar-refractivity contribution in [1.82, 2.24) is 10.4 Å². The van der Waals surface area contributed by atoms with Gasteiger partial charge in [0.15, 0.2) is 0 Å². The highest BCUT2D eigenvalue weighted by Gasteiger charge is 2.15. The van der Waals surface area contributed by atoms with Gasteiger partial charge in [0.2, 0.25) is 0 Å². The number of hydrogen-bond donors (Lipinski definition) is 2. The number of pyridine rings is 1. The number of nitrogens with two attached hydrogens (primary N) is 1. The molecule has 0 fully saturated rings. The normalized spacial score (nSPS) is 16.9. The minimum atomic E-state index is 0.172. The molecule has 1 aromatic heterocycles. The van der Waals surface area contributed by atoms with Gasteiger partial charge in [-0.25, -0.2) is 0 Å². The van der Waals surface area contributed by atoms with Crippen molar-refractivity contribution >= 4 is 10.8 Å². The molecule has 1 unspecified atom stereocenters. The molecule has 0 spiro atoms. The number of aromatic nitrogens is 1. The molecule has 3 nitrogen and oxygen atoms in total. The van der Waals surface area contributed by atoms with Gasteiger partial charge < -0.3 is 0 Å². The summed E-state index contributed by atoms with van der Waals surface area (Å²) in [5.41, 5.74) is 5.79. The highest BCUT2D eigenvalue weighted by atomic mass is 15.2. The Kier molecular flexibility index (Phi) is 4.09. The number of nitrogens with zero attached hydrogens (tertiary/aromatic N) is 1. The number of hydrazine groups is 1. The van der Waals surface area contributed by atoms with Gasteiger partial charge in [-0.05, 0) is 49.1 Å². The van der Waals surface area contributed by atoms with Gasteiger partial charge in [-0.1, -0.05) is 29.8 Å². The largest absolute Gasteiger partial charge is 0.271 e. The lowest BCUT2D eigenvalue weighted by Crippen LogP contribution is -2.28. The third-order valence-electron chi connectivity index (χ3n) is 4.14. The van der Waals surface area contributed by atoms with Crippen LogP contribution in [0.3, 0.4) is 0 Å². The van der Waals surface area contributed by atoms with Gasteiger partial charge in [0.05, 0.1) is 6.04 Å². The average Bonchev–Trinajstić information content (AvgIpc) is 2.53. The van der Waals surface area contributed by atoms with Crippen molar-refractivity contribution < 1.29 is 0 Å². The average molecular weight is 267 g/mol. The highest BCUT2D eigenvalue weighted by Crippen LogP contribution is 2.30. The van der Waals surface area contributed by atoms with Crippen molar-refractivity contribution in [3.63, 3.8) is 0 Å². The summed E-state index contributed by atoms with van der Waals surface area (Å²) in [6.07, 6.45) is 12.2. The van der Waals surface area contributed by atoms with Gasteiger partial charge in [0, 0.05) is 17.8 Å². The first kappa shape index (κ1) is 13.3. The number of nitrogens with one attached hydrogen (secondary N) is 1. The zero-order valence-corrected chi connectivity index (χ0v) is 11.7. The van der Waals surface area contributed by atoms with Crippen molar-refractivity contribution in [2.45, 2.75) is 38.1 Å². The summed E-state index contributed by atoms with van der Waals surface area (Å²) in [7, 11) is 0. The Morgan fingerprint density at radius 2 is 2.20 bits per heavy atom. The molecular formula is C17H21N3. The van der Waals surface area contributed by atoms with Gasteiger partial charge in [-0.3, -0.25) is 16.3 Å². The minimum absolute atomic E-state index is 0.172. The smallest absolute Gasteiger partial charge is 0.0503 e. The Bertz CT molecular complexity index is 613. The zero-order chi connectivity index (χ0) is 13.8. The predicted octanol–water partition coefficient (Wildman–Crippen LogP) is 3.63. The fourth-order valence-electron chi connectivity index (χ4n) is 3.06. The molecule has 0 saturated carbocycles. The van der Waals surface area contributed by atoms with E-state index in [4.69, 9.17) is 5.84 Å². The Balaban J connectivity index is 1.92. The standard InChI is InChI=1S/C17H21N3/c18-20-17(11-13-5-2-1-3-6-13)16-8-4-7-14-12-19-10-9-15(14)16/h4-5,7-10,12,17,20H,1-3,6,11,18H2. The van der Waals surface area contributed by atoms with Gasteiger partial charge in [0.1, 0.15) is 0 Å². The van der Waals surface area contributed by atoms with Gasteiger partial charge >= 0.3 is 0 Å². The van der Waals surface area contributed by atoms with E-state index in [0.717, 1.165) is 6.42 Å². The van der Waals surface area contributed by atoms with Crippen molar-refractivity contribution in [3.05, 3.63) is 53.9 Å². The maximum Gasteiger partial charge on any atom is 0.0503 e. The van der Waals surface area contributed by atoms with Crippen LogP contribution in [0.1, 0.15) is 43.7 Å². The maximum absolute atomic E-state index is 5.82. The molecule has 0 radical (unpaired) electrons. The van der Waals surface area contributed by atoms with Gasteiger partial charge in [0.25, 0.3) is 0 Å². The SMILES string of the molecule is NNC(CC1=CCCCC1)c1cccc2cnccc12. The second-order valence-electron chi connectivity index (χ2n) is 5.48. The van der Waals surface area contributed by atoms with E-state index >= 15 is 0 Å². The van der Waals surface area contributed by atoms with E-state index < -0.39 is 0 Å². The topological polar surface area (TPSA) is 50.9 Å². The van der Waals surface area contributed by atoms with Crippen molar-refractivity contribution in [2.75, 3.05) is 0 Å². The quantitative estimate of drug-likeness (QED) is 0.505. The van der Waals surface area contributed by atoms with Crippen molar-refractivity contribution in [2.24, 2.45) is 5.84 Å². The Labute approximate surface area is 119 Å². The number of fused-ring (bicyclic) bond motifs is 1. The number of rotatable bonds is 4. The van der Waals surface area contributed by atoms with Crippen LogP contribution in [-0.2, 0) is 0 Å². The number of benzene rings is 1. The van der Waals surface area contributed by atoms with Crippen LogP contribution in [0.5, 0.6) is 0 Å². The summed E-state index contributed by atoms with van der Waals surface area (Å²) in [5.74, 6) is 5.82. The van der Waals surface area contributed by atoms with Crippen molar-refractivity contribution in [1.29, 1.82) is 0 Å². The lowest BCUT2D eigenvalue weighted by atomic mass is 9.90. The van der Waals surface area contributed by atoms with Crippen molar-refractivity contribution in [3.8, 4) is 0 Å². The van der Waals surface area contributed by atoms with Crippen LogP contribution in [0.15, 0.2) is 48.3 Å². The molecule has 1 aromatic carbocycles. The van der Waals surface area contributed by atoms with Crippen LogP contribution in [0.25, 0.3) is 10.8 Å². The molecule has 1 heterocycles. The van der Waals surface area contributed by atoms with E-state index in [1.54, 1.807) is 0 Å². The first-order valence-electron chi connectivity index (χ1n) is 7.35.